The molecule has 4 nitrogen and oxygen atoms in total. The summed E-state index contributed by atoms with van der Waals surface area (Å²) < 4.78 is 14.7. The van der Waals surface area contributed by atoms with E-state index in [-0.39, 0.29) is 5.82 Å². The molecular weight excluding hydrogens is 291 g/mol. The molecule has 0 bridgehead atoms. The van der Waals surface area contributed by atoms with E-state index in [1.807, 2.05) is 24.3 Å². The molecule has 0 atom stereocenters. The molecule has 0 aliphatic rings. The molecule has 1 aromatic heterocycles. The van der Waals surface area contributed by atoms with Crippen molar-refractivity contribution in [3.05, 3.63) is 71.3 Å². The van der Waals surface area contributed by atoms with Crippen molar-refractivity contribution in [2.75, 3.05) is 5.32 Å². The summed E-state index contributed by atoms with van der Waals surface area (Å²) in [6, 6.07) is 12.1. The third-order valence-corrected chi connectivity index (χ3v) is 3.41. The van der Waals surface area contributed by atoms with Gasteiger partial charge in [0.15, 0.2) is 0 Å². The molecule has 0 amide bonds. The highest BCUT2D eigenvalue weighted by Gasteiger charge is 2.06. The number of anilines is 1. The lowest BCUT2D eigenvalue weighted by molar-refractivity contribution is 0.627. The quantitative estimate of drug-likeness (QED) is 0.799. The van der Waals surface area contributed by atoms with Crippen molar-refractivity contribution < 1.29 is 4.39 Å². The average molecular weight is 303 g/mol. The van der Waals surface area contributed by atoms with Crippen LogP contribution in [0.25, 0.3) is 5.69 Å². The summed E-state index contributed by atoms with van der Waals surface area (Å²) in [6.45, 7) is 0.491. The van der Waals surface area contributed by atoms with Crippen LogP contribution in [-0.2, 0) is 6.54 Å². The molecular formula is C15H12ClFN4. The highest BCUT2D eigenvalue weighted by Crippen LogP contribution is 2.22. The Morgan fingerprint density at radius 1 is 1.19 bits per heavy atom. The second-order valence-corrected chi connectivity index (χ2v) is 4.86. The van der Waals surface area contributed by atoms with E-state index < -0.39 is 0 Å². The van der Waals surface area contributed by atoms with Crippen molar-refractivity contribution in [2.24, 2.45) is 0 Å². The van der Waals surface area contributed by atoms with E-state index in [0.717, 1.165) is 16.9 Å². The first-order valence-corrected chi connectivity index (χ1v) is 6.75. The molecule has 0 aliphatic heterocycles. The summed E-state index contributed by atoms with van der Waals surface area (Å²) in [5.74, 6) is -0.341. The molecule has 2 aromatic carbocycles. The lowest BCUT2D eigenvalue weighted by Gasteiger charge is -2.12. The standard InChI is InChI=1S/C15H12ClFN4/c16-13-9-12(17)6-5-11(13)10-18-14-3-1-2-4-15(14)21-8-7-19-20-21/h1-9,18H,10H2. The van der Waals surface area contributed by atoms with Crippen LogP contribution in [0.5, 0.6) is 0 Å². The molecule has 0 unspecified atom stereocenters. The van der Waals surface area contributed by atoms with Crippen molar-refractivity contribution in [1.82, 2.24) is 15.0 Å². The molecule has 0 fully saturated rings. The monoisotopic (exact) mass is 302 g/mol. The highest BCUT2D eigenvalue weighted by molar-refractivity contribution is 6.31. The Labute approximate surface area is 126 Å². The summed E-state index contributed by atoms with van der Waals surface area (Å²) >= 11 is 6.03. The van der Waals surface area contributed by atoms with E-state index in [2.05, 4.69) is 15.6 Å². The lowest BCUT2D eigenvalue weighted by atomic mass is 10.2. The molecule has 0 aliphatic carbocycles. The topological polar surface area (TPSA) is 42.7 Å². The third-order valence-electron chi connectivity index (χ3n) is 3.06. The van der Waals surface area contributed by atoms with Crippen LogP contribution in [0.15, 0.2) is 54.9 Å². The Bertz CT molecular complexity index is 743. The summed E-state index contributed by atoms with van der Waals surface area (Å²) in [4.78, 5) is 0. The minimum absolute atomic E-state index is 0.341. The molecule has 0 saturated heterocycles. The Hall–Kier alpha value is -2.40. The van der Waals surface area contributed by atoms with Gasteiger partial charge in [0.2, 0.25) is 0 Å². The third kappa shape index (κ3) is 3.03. The number of nitrogens with zero attached hydrogens (tertiary/aromatic N) is 3. The normalized spacial score (nSPS) is 10.6. The Morgan fingerprint density at radius 3 is 2.81 bits per heavy atom. The molecule has 1 N–H and O–H groups in total. The maximum absolute atomic E-state index is 13.0. The van der Waals surface area contributed by atoms with Crippen molar-refractivity contribution >= 4 is 17.3 Å². The zero-order valence-electron chi connectivity index (χ0n) is 11.0. The van der Waals surface area contributed by atoms with Crippen LogP contribution in [0.1, 0.15) is 5.56 Å². The Kier molecular flexibility index (Phi) is 3.83. The van der Waals surface area contributed by atoms with Crippen LogP contribution in [0.2, 0.25) is 5.02 Å². The number of rotatable bonds is 4. The fraction of sp³-hybridized carbons (Fsp3) is 0.0667. The van der Waals surface area contributed by atoms with Gasteiger partial charge in [-0.2, -0.15) is 0 Å². The summed E-state index contributed by atoms with van der Waals surface area (Å²) in [5, 5.41) is 11.5. The van der Waals surface area contributed by atoms with Crippen LogP contribution in [-0.4, -0.2) is 15.0 Å². The van der Waals surface area contributed by atoms with Gasteiger partial charge in [-0.25, -0.2) is 9.07 Å². The van der Waals surface area contributed by atoms with E-state index in [0.29, 0.717) is 11.6 Å². The van der Waals surface area contributed by atoms with Crippen LogP contribution in [0, 0.1) is 5.82 Å². The minimum Gasteiger partial charge on any atom is -0.379 e. The number of hydrogen-bond acceptors (Lipinski definition) is 3. The van der Waals surface area contributed by atoms with E-state index in [4.69, 9.17) is 11.6 Å². The Morgan fingerprint density at radius 2 is 2.05 bits per heavy atom. The SMILES string of the molecule is Fc1ccc(CNc2ccccc2-n2ccnn2)c(Cl)c1. The zero-order valence-corrected chi connectivity index (χ0v) is 11.8. The molecule has 106 valence electrons. The first kappa shape index (κ1) is 13.6. The first-order valence-electron chi connectivity index (χ1n) is 6.37. The highest BCUT2D eigenvalue weighted by atomic mass is 35.5. The lowest BCUT2D eigenvalue weighted by Crippen LogP contribution is -2.05. The van der Waals surface area contributed by atoms with Gasteiger partial charge in [0.25, 0.3) is 0 Å². The summed E-state index contributed by atoms with van der Waals surface area (Å²) in [5.41, 5.74) is 2.60. The van der Waals surface area contributed by atoms with E-state index >= 15 is 0 Å². The number of nitrogens with one attached hydrogen (secondary N) is 1. The second kappa shape index (κ2) is 5.93. The minimum atomic E-state index is -0.341. The maximum Gasteiger partial charge on any atom is 0.124 e. The van der Waals surface area contributed by atoms with Gasteiger partial charge in [0.05, 0.1) is 23.8 Å². The van der Waals surface area contributed by atoms with Crippen LogP contribution < -0.4 is 5.32 Å². The molecule has 3 aromatic rings. The van der Waals surface area contributed by atoms with E-state index in [1.165, 1.54) is 12.1 Å². The van der Waals surface area contributed by atoms with E-state index in [9.17, 15) is 4.39 Å². The first-order chi connectivity index (χ1) is 10.2. The van der Waals surface area contributed by atoms with Crippen molar-refractivity contribution in [3.63, 3.8) is 0 Å². The van der Waals surface area contributed by atoms with Gasteiger partial charge in [-0.3, -0.25) is 0 Å². The summed E-state index contributed by atoms with van der Waals surface area (Å²) in [7, 11) is 0. The van der Waals surface area contributed by atoms with E-state index in [1.54, 1.807) is 23.1 Å². The average Bonchev–Trinajstić information content (AvgIpc) is 3.01. The number of para-hydroxylation sites is 2. The van der Waals surface area contributed by atoms with Gasteiger partial charge in [-0.1, -0.05) is 35.0 Å². The van der Waals surface area contributed by atoms with Gasteiger partial charge < -0.3 is 5.32 Å². The molecule has 0 saturated carbocycles. The number of halogens is 2. The molecule has 1 heterocycles. The van der Waals surface area contributed by atoms with Gasteiger partial charge in [0, 0.05) is 11.6 Å². The molecule has 3 rings (SSSR count). The molecule has 6 heteroatoms. The van der Waals surface area contributed by atoms with Crippen LogP contribution >= 0.6 is 11.6 Å². The fourth-order valence-electron chi connectivity index (χ4n) is 2.02. The van der Waals surface area contributed by atoms with Crippen molar-refractivity contribution in [3.8, 4) is 5.69 Å². The molecule has 21 heavy (non-hydrogen) atoms. The second-order valence-electron chi connectivity index (χ2n) is 4.45. The van der Waals surface area contributed by atoms with Crippen LogP contribution in [0.4, 0.5) is 10.1 Å². The van der Waals surface area contributed by atoms with Crippen LogP contribution in [0.3, 0.4) is 0 Å². The maximum atomic E-state index is 13.0. The fourth-order valence-corrected chi connectivity index (χ4v) is 2.25. The Balaban J connectivity index is 1.83. The summed E-state index contributed by atoms with van der Waals surface area (Å²) in [6.07, 6.45) is 3.39. The smallest absolute Gasteiger partial charge is 0.124 e. The van der Waals surface area contributed by atoms with Crippen molar-refractivity contribution in [2.45, 2.75) is 6.54 Å². The number of benzene rings is 2. The van der Waals surface area contributed by atoms with Crippen molar-refractivity contribution in [1.29, 1.82) is 0 Å². The van der Waals surface area contributed by atoms with Gasteiger partial charge in [0.1, 0.15) is 5.82 Å². The zero-order chi connectivity index (χ0) is 14.7. The predicted octanol–water partition coefficient (Wildman–Crippen LogP) is 3.67. The molecule has 0 radical (unpaired) electrons. The number of hydrogen-bond donors (Lipinski definition) is 1. The predicted molar refractivity (Wildman–Crippen MR) is 80.1 cm³/mol. The largest absolute Gasteiger partial charge is 0.379 e. The molecule has 0 spiro atoms. The number of aromatic nitrogens is 3. The van der Waals surface area contributed by atoms with Gasteiger partial charge in [-0.15, -0.1) is 5.10 Å². The van der Waals surface area contributed by atoms with Gasteiger partial charge >= 0.3 is 0 Å². The van der Waals surface area contributed by atoms with Gasteiger partial charge in [-0.05, 0) is 29.8 Å².